The summed E-state index contributed by atoms with van der Waals surface area (Å²) < 4.78 is 26.5. The van der Waals surface area contributed by atoms with Gasteiger partial charge in [0.15, 0.2) is 0 Å². The van der Waals surface area contributed by atoms with Crippen molar-refractivity contribution in [1.29, 1.82) is 0 Å². The second kappa shape index (κ2) is 7.56. The van der Waals surface area contributed by atoms with E-state index >= 15 is 0 Å². The highest BCUT2D eigenvalue weighted by Gasteiger charge is 2.30. The highest BCUT2D eigenvalue weighted by atomic mass is 35.5. The molecule has 1 unspecified atom stereocenters. The van der Waals surface area contributed by atoms with Crippen molar-refractivity contribution in [3.63, 3.8) is 0 Å². The Morgan fingerprint density at radius 1 is 1.50 bits per heavy atom. The number of pyridine rings is 1. The van der Waals surface area contributed by atoms with Gasteiger partial charge < -0.3 is 5.32 Å². The first-order valence-electron chi connectivity index (χ1n) is 6.29. The fraction of sp³-hybridized carbons (Fsp3) is 0.583. The van der Waals surface area contributed by atoms with Gasteiger partial charge in [-0.3, -0.25) is 4.98 Å². The molecular weight excluding hydrogens is 321 g/mol. The lowest BCUT2D eigenvalue weighted by atomic mass is 10.00. The minimum Gasteiger partial charge on any atom is -0.319 e. The molecule has 114 valence electrons. The lowest BCUT2D eigenvalue weighted by Gasteiger charge is -2.31. The molecule has 5 nitrogen and oxygen atoms in total. The summed E-state index contributed by atoms with van der Waals surface area (Å²) in [5.74, 6) is 0.362. The zero-order valence-electron chi connectivity index (χ0n) is 11.3. The molecule has 0 spiro atoms. The van der Waals surface area contributed by atoms with Crippen molar-refractivity contribution in [3.05, 3.63) is 23.5 Å². The molecular formula is C12H19Cl2N3O2S. The molecule has 20 heavy (non-hydrogen) atoms. The number of aromatic nitrogens is 1. The smallest absolute Gasteiger partial charge is 0.244 e. The number of halogens is 2. The van der Waals surface area contributed by atoms with Crippen LogP contribution in [0.5, 0.6) is 0 Å². The van der Waals surface area contributed by atoms with Gasteiger partial charge in [-0.25, -0.2) is 8.42 Å². The second-order valence-electron chi connectivity index (χ2n) is 4.77. The first-order valence-corrected chi connectivity index (χ1v) is 8.11. The molecule has 1 saturated heterocycles. The fourth-order valence-electron chi connectivity index (χ4n) is 2.38. The summed E-state index contributed by atoms with van der Waals surface area (Å²) in [6.45, 7) is 1.95. The molecule has 1 fully saturated rings. The van der Waals surface area contributed by atoms with Crippen molar-refractivity contribution in [2.45, 2.75) is 17.7 Å². The molecule has 2 heterocycles. The molecule has 1 aliphatic rings. The highest BCUT2D eigenvalue weighted by molar-refractivity contribution is 7.89. The van der Waals surface area contributed by atoms with E-state index in [0.29, 0.717) is 24.0 Å². The van der Waals surface area contributed by atoms with Crippen LogP contribution in [0.1, 0.15) is 12.8 Å². The Kier molecular flexibility index (Phi) is 6.68. The molecule has 1 N–H and O–H groups in total. The molecule has 0 saturated carbocycles. The number of hydrogen-bond donors (Lipinski definition) is 1. The largest absolute Gasteiger partial charge is 0.319 e. The molecule has 8 heteroatoms. The SMILES string of the molecule is CNCC1CCCN(S(=O)(=O)c2cncc(Cl)c2)C1.Cl. The van der Waals surface area contributed by atoms with E-state index in [1.54, 1.807) is 0 Å². The number of nitrogens with zero attached hydrogens (tertiary/aromatic N) is 2. The second-order valence-corrected chi connectivity index (χ2v) is 7.14. The number of piperidine rings is 1. The zero-order valence-corrected chi connectivity index (χ0v) is 13.6. The molecule has 0 bridgehead atoms. The summed E-state index contributed by atoms with van der Waals surface area (Å²) in [7, 11) is -1.59. The average molecular weight is 340 g/mol. The van der Waals surface area contributed by atoms with Crippen LogP contribution in [0, 0.1) is 5.92 Å². The molecule has 0 amide bonds. The van der Waals surface area contributed by atoms with Crippen LogP contribution in [0.2, 0.25) is 5.02 Å². The van der Waals surface area contributed by atoms with E-state index in [1.807, 2.05) is 7.05 Å². The van der Waals surface area contributed by atoms with Gasteiger partial charge in [0.25, 0.3) is 0 Å². The van der Waals surface area contributed by atoms with E-state index in [-0.39, 0.29) is 17.3 Å². The Labute approximate surface area is 131 Å². The standard InChI is InChI=1S/C12H18ClN3O2S.ClH/c1-14-6-10-3-2-4-16(9-10)19(17,18)12-5-11(13)7-15-8-12;/h5,7-8,10,14H,2-4,6,9H2,1H3;1H. The lowest BCUT2D eigenvalue weighted by molar-refractivity contribution is 0.263. The molecule has 1 atom stereocenters. The van der Waals surface area contributed by atoms with E-state index in [1.165, 1.54) is 22.8 Å². The highest BCUT2D eigenvalue weighted by Crippen LogP contribution is 2.24. The van der Waals surface area contributed by atoms with Crippen LogP contribution in [0.25, 0.3) is 0 Å². The quantitative estimate of drug-likeness (QED) is 0.908. The Hall–Kier alpha value is -0.400. The molecule has 2 rings (SSSR count). The normalized spacial score (nSPS) is 20.4. The van der Waals surface area contributed by atoms with Gasteiger partial charge in [0, 0.05) is 25.5 Å². The summed E-state index contributed by atoms with van der Waals surface area (Å²) in [4.78, 5) is 4.02. The van der Waals surface area contributed by atoms with Crippen LogP contribution in [0.4, 0.5) is 0 Å². The fourth-order valence-corrected chi connectivity index (χ4v) is 4.17. The van der Waals surface area contributed by atoms with Crippen LogP contribution < -0.4 is 5.32 Å². The van der Waals surface area contributed by atoms with Crippen LogP contribution in [-0.2, 0) is 10.0 Å². The molecule has 1 aliphatic heterocycles. The van der Waals surface area contributed by atoms with Gasteiger partial charge in [0.05, 0.1) is 5.02 Å². The third-order valence-corrected chi connectivity index (χ3v) is 5.33. The van der Waals surface area contributed by atoms with Gasteiger partial charge in [-0.05, 0) is 38.4 Å². The predicted molar refractivity (Wildman–Crippen MR) is 81.9 cm³/mol. The lowest BCUT2D eigenvalue weighted by Crippen LogP contribution is -2.42. The number of hydrogen-bond acceptors (Lipinski definition) is 4. The van der Waals surface area contributed by atoms with Crippen LogP contribution >= 0.6 is 24.0 Å². The molecule has 0 radical (unpaired) electrons. The maximum Gasteiger partial charge on any atom is 0.244 e. The van der Waals surface area contributed by atoms with E-state index in [2.05, 4.69) is 10.3 Å². The number of nitrogens with one attached hydrogen (secondary N) is 1. The summed E-state index contributed by atoms with van der Waals surface area (Å²) in [5.41, 5.74) is 0. The van der Waals surface area contributed by atoms with Crippen molar-refractivity contribution < 1.29 is 8.42 Å². The van der Waals surface area contributed by atoms with Gasteiger partial charge >= 0.3 is 0 Å². The van der Waals surface area contributed by atoms with Crippen molar-refractivity contribution in [2.24, 2.45) is 5.92 Å². The molecule has 0 aromatic carbocycles. The average Bonchev–Trinajstić information content (AvgIpc) is 2.39. The number of sulfonamides is 1. The zero-order chi connectivity index (χ0) is 13.9. The topological polar surface area (TPSA) is 62.3 Å². The predicted octanol–water partition coefficient (Wildman–Crippen LogP) is 1.78. The van der Waals surface area contributed by atoms with E-state index < -0.39 is 10.0 Å². The molecule has 1 aromatic heterocycles. The Morgan fingerprint density at radius 2 is 2.25 bits per heavy atom. The maximum atomic E-state index is 12.5. The van der Waals surface area contributed by atoms with Gasteiger partial charge in [0.2, 0.25) is 10.0 Å². The van der Waals surface area contributed by atoms with Crippen molar-refractivity contribution in [2.75, 3.05) is 26.7 Å². The summed E-state index contributed by atoms with van der Waals surface area (Å²) in [5, 5.41) is 3.44. The van der Waals surface area contributed by atoms with Gasteiger partial charge in [0.1, 0.15) is 4.90 Å². The van der Waals surface area contributed by atoms with Crippen LogP contribution in [-0.4, -0.2) is 44.4 Å². The summed E-state index contributed by atoms with van der Waals surface area (Å²) in [6.07, 6.45) is 4.73. The minimum atomic E-state index is -3.48. The minimum absolute atomic E-state index is 0. The molecule has 1 aromatic rings. The maximum absolute atomic E-state index is 12.5. The van der Waals surface area contributed by atoms with E-state index in [0.717, 1.165) is 19.4 Å². The Bertz CT molecular complexity index is 537. The van der Waals surface area contributed by atoms with E-state index in [4.69, 9.17) is 11.6 Å². The number of rotatable bonds is 4. The first-order chi connectivity index (χ1) is 9.04. The first kappa shape index (κ1) is 17.7. The monoisotopic (exact) mass is 339 g/mol. The van der Waals surface area contributed by atoms with Crippen LogP contribution in [0.15, 0.2) is 23.4 Å². The third kappa shape index (κ3) is 4.05. The van der Waals surface area contributed by atoms with Gasteiger partial charge in [-0.15, -0.1) is 12.4 Å². The van der Waals surface area contributed by atoms with Gasteiger partial charge in [-0.1, -0.05) is 11.6 Å². The molecule has 0 aliphatic carbocycles. The van der Waals surface area contributed by atoms with Crippen molar-refractivity contribution in [1.82, 2.24) is 14.6 Å². The van der Waals surface area contributed by atoms with Crippen LogP contribution in [0.3, 0.4) is 0 Å². The van der Waals surface area contributed by atoms with Crippen molar-refractivity contribution >= 4 is 34.0 Å². The van der Waals surface area contributed by atoms with Crippen molar-refractivity contribution in [3.8, 4) is 0 Å². The Balaban J connectivity index is 0.00000200. The summed E-state index contributed by atoms with van der Waals surface area (Å²) in [6, 6.07) is 1.45. The van der Waals surface area contributed by atoms with E-state index in [9.17, 15) is 8.42 Å². The third-order valence-electron chi connectivity index (χ3n) is 3.29. The van der Waals surface area contributed by atoms with Gasteiger partial charge in [-0.2, -0.15) is 4.31 Å². The summed E-state index contributed by atoms with van der Waals surface area (Å²) >= 11 is 5.81. The Morgan fingerprint density at radius 3 is 2.90 bits per heavy atom.